The van der Waals surface area contributed by atoms with Gasteiger partial charge < -0.3 is 10.0 Å². The topological polar surface area (TPSA) is 70.5 Å². The molecule has 2 unspecified atom stereocenters. The number of carbonyl (C=O) groups is 2. The van der Waals surface area contributed by atoms with Crippen molar-refractivity contribution < 1.29 is 41.0 Å². The molecule has 13 heteroatoms. The molecule has 0 bridgehead atoms. The molecule has 1 amide bonds. The number of carbonyl (C=O) groups excluding carboxylic acids is 2. The molecule has 34 heavy (non-hydrogen) atoms. The smallest absolute Gasteiger partial charge is 0.425 e. The van der Waals surface area contributed by atoms with Gasteiger partial charge in [0, 0.05) is 30.2 Å². The Hall–Kier alpha value is -2.34. The lowest BCUT2D eigenvalue weighted by molar-refractivity contribution is -0.138. The van der Waals surface area contributed by atoms with Crippen molar-refractivity contribution in [3.63, 3.8) is 0 Å². The van der Waals surface area contributed by atoms with Crippen LogP contribution in [0.5, 0.6) is 5.75 Å². The van der Waals surface area contributed by atoms with Crippen LogP contribution in [0.1, 0.15) is 53.5 Å². The summed E-state index contributed by atoms with van der Waals surface area (Å²) in [5, 5.41) is 9.02. The predicted molar refractivity (Wildman–Crippen MR) is 114 cm³/mol. The first kappa shape index (κ1) is 27.9. The Kier molecular flexibility index (Phi) is 9.35. The number of thiophene rings is 1. The van der Waals surface area contributed by atoms with E-state index in [1.54, 1.807) is 0 Å². The second-order valence-corrected chi connectivity index (χ2v) is 8.76. The van der Waals surface area contributed by atoms with Gasteiger partial charge in [-0.2, -0.15) is 26.3 Å². The second kappa shape index (κ2) is 11.4. The first-order chi connectivity index (χ1) is 15.8. The van der Waals surface area contributed by atoms with E-state index < -0.39 is 51.6 Å². The van der Waals surface area contributed by atoms with Gasteiger partial charge in [-0.05, 0) is 43.0 Å². The number of aromatic hydroxyl groups is 1. The average molecular weight is 531 g/mol. The monoisotopic (exact) mass is 530 g/mol. The molecule has 1 saturated heterocycles. The minimum Gasteiger partial charge on any atom is -0.507 e. The van der Waals surface area contributed by atoms with E-state index >= 15 is 0 Å². The van der Waals surface area contributed by atoms with E-state index in [2.05, 4.69) is 4.98 Å². The highest BCUT2D eigenvalue weighted by atomic mass is 35.5. The molecule has 3 heterocycles. The van der Waals surface area contributed by atoms with Crippen LogP contribution in [0.3, 0.4) is 0 Å². The second-order valence-electron chi connectivity index (χ2n) is 7.47. The predicted octanol–water partition coefficient (Wildman–Crippen LogP) is 6.36. The van der Waals surface area contributed by atoms with E-state index in [0.29, 0.717) is 43.1 Å². The van der Waals surface area contributed by atoms with Crippen LogP contribution in [0.2, 0.25) is 0 Å². The Morgan fingerprint density at radius 1 is 1.24 bits per heavy atom. The lowest BCUT2D eigenvalue weighted by Gasteiger charge is -2.40. The molecule has 1 aliphatic heterocycles. The zero-order valence-electron chi connectivity index (χ0n) is 17.8. The Morgan fingerprint density at radius 2 is 1.91 bits per heavy atom. The van der Waals surface area contributed by atoms with Crippen LogP contribution < -0.4 is 0 Å². The quantitative estimate of drug-likeness (QED) is 0.369. The molecule has 0 aliphatic carbocycles. The summed E-state index contributed by atoms with van der Waals surface area (Å²) in [4.78, 5) is 28.6. The normalized spacial score (nSPS) is 18.8. The summed E-state index contributed by atoms with van der Waals surface area (Å²) in [6.45, 7) is 2.17. The summed E-state index contributed by atoms with van der Waals surface area (Å²) in [5.74, 6) is -1.69. The lowest BCUT2D eigenvalue weighted by atomic mass is 9.87. The molecule has 0 aromatic carbocycles. The summed E-state index contributed by atoms with van der Waals surface area (Å²) in [7, 11) is 0. The van der Waals surface area contributed by atoms with Gasteiger partial charge in [0.25, 0.3) is 5.91 Å². The van der Waals surface area contributed by atoms with Gasteiger partial charge in [0.05, 0.1) is 11.5 Å². The summed E-state index contributed by atoms with van der Waals surface area (Å²) in [5.41, 5.74) is -1.70. The summed E-state index contributed by atoms with van der Waals surface area (Å²) in [6, 6.07) is 2.18. The van der Waals surface area contributed by atoms with Crippen molar-refractivity contribution in [1.82, 2.24) is 9.88 Å². The Balaban J connectivity index is 0.000000340. The number of pyridine rings is 1. The minimum absolute atomic E-state index is 0.290. The van der Waals surface area contributed by atoms with Crippen LogP contribution in [0.4, 0.5) is 26.3 Å². The fourth-order valence-electron chi connectivity index (χ4n) is 3.64. The van der Waals surface area contributed by atoms with Gasteiger partial charge in [-0.15, -0.1) is 11.3 Å². The molecule has 3 rings (SSSR count). The number of aromatic nitrogens is 1. The minimum atomic E-state index is -4.67. The molecule has 1 fully saturated rings. The largest absolute Gasteiger partial charge is 0.507 e. The number of alkyl halides is 6. The molecule has 2 aromatic rings. The van der Waals surface area contributed by atoms with E-state index in [4.69, 9.17) is 16.7 Å². The molecule has 2 aromatic heterocycles. The molecule has 5 nitrogen and oxygen atoms in total. The fraction of sp³-hybridized carbons (Fsp3) is 0.476. The van der Waals surface area contributed by atoms with Crippen LogP contribution in [-0.4, -0.2) is 38.7 Å². The Bertz CT molecular complexity index is 995. The summed E-state index contributed by atoms with van der Waals surface area (Å²) >= 11 is 6.12. The number of hydrogen-bond acceptors (Lipinski definition) is 5. The molecule has 0 radical (unpaired) electrons. The first-order valence-electron chi connectivity index (χ1n) is 10.1. The lowest BCUT2D eigenvalue weighted by Crippen LogP contribution is -2.50. The Labute approximate surface area is 200 Å². The van der Waals surface area contributed by atoms with Crippen LogP contribution >= 0.6 is 22.9 Å². The maximum absolute atomic E-state index is 13.1. The maximum atomic E-state index is 13.1. The number of rotatable bonds is 4. The average Bonchev–Trinajstić information content (AvgIpc) is 3.20. The van der Waals surface area contributed by atoms with Gasteiger partial charge >= 0.3 is 12.4 Å². The molecule has 188 valence electrons. The number of amides is 1. The van der Waals surface area contributed by atoms with Gasteiger partial charge in [-0.3, -0.25) is 14.6 Å². The molecule has 2 atom stereocenters. The molecule has 1 N–H and O–H groups in total. The zero-order chi connectivity index (χ0) is 25.7. The molecule has 0 spiro atoms. The number of piperidine rings is 1. The van der Waals surface area contributed by atoms with Crippen molar-refractivity contribution in [3.8, 4) is 5.75 Å². The highest BCUT2D eigenvalue weighted by molar-refractivity contribution is 7.10. The van der Waals surface area contributed by atoms with Crippen molar-refractivity contribution >= 4 is 34.1 Å². The molecule has 0 saturated carbocycles. The third-order valence-corrected chi connectivity index (χ3v) is 6.34. The van der Waals surface area contributed by atoms with E-state index in [0.717, 1.165) is 23.7 Å². The van der Waals surface area contributed by atoms with Crippen molar-refractivity contribution in [2.24, 2.45) is 5.92 Å². The highest BCUT2D eigenvalue weighted by Crippen LogP contribution is 2.36. The number of likely N-dealkylation sites (tertiary alicyclic amines) is 1. The van der Waals surface area contributed by atoms with E-state index in [-0.39, 0.29) is 12.3 Å². The molecular weight excluding hydrogens is 510 g/mol. The van der Waals surface area contributed by atoms with Crippen molar-refractivity contribution in [2.45, 2.75) is 51.0 Å². The van der Waals surface area contributed by atoms with Crippen LogP contribution in [0, 0.1) is 5.92 Å². The van der Waals surface area contributed by atoms with Crippen molar-refractivity contribution in [2.75, 3.05) is 6.54 Å². The van der Waals surface area contributed by atoms with Crippen LogP contribution in [-0.2, 0) is 17.1 Å². The van der Waals surface area contributed by atoms with Gasteiger partial charge in [-0.1, -0.05) is 13.3 Å². The fourth-order valence-corrected chi connectivity index (χ4v) is 4.53. The molecular formula is C21H21ClF6N2O3S. The third kappa shape index (κ3) is 7.08. The zero-order valence-corrected chi connectivity index (χ0v) is 19.4. The highest BCUT2D eigenvalue weighted by Gasteiger charge is 2.41. The van der Waals surface area contributed by atoms with Crippen LogP contribution in [0.25, 0.3) is 0 Å². The SMILES string of the molecule is CCCC1C(C(=O)Cl)CCCN1C(=O)c1ncccc1C(F)(F)F.Oc1csc(C(F)(F)F)c1. The van der Waals surface area contributed by atoms with E-state index in [1.165, 1.54) is 4.90 Å². The number of halogens is 7. The summed E-state index contributed by atoms with van der Waals surface area (Å²) < 4.78 is 74.5. The number of nitrogens with zero attached hydrogens (tertiary/aromatic N) is 2. The van der Waals surface area contributed by atoms with Crippen molar-refractivity contribution in [3.05, 3.63) is 45.9 Å². The third-order valence-electron chi connectivity index (χ3n) is 5.10. The van der Waals surface area contributed by atoms with E-state index in [9.17, 15) is 35.9 Å². The maximum Gasteiger partial charge on any atom is 0.425 e. The van der Waals surface area contributed by atoms with E-state index in [1.807, 2.05) is 6.92 Å². The van der Waals surface area contributed by atoms with Crippen molar-refractivity contribution in [1.29, 1.82) is 0 Å². The van der Waals surface area contributed by atoms with Crippen LogP contribution in [0.15, 0.2) is 29.8 Å². The first-order valence-corrected chi connectivity index (χ1v) is 11.4. The Morgan fingerprint density at radius 3 is 2.38 bits per heavy atom. The van der Waals surface area contributed by atoms with Gasteiger partial charge in [0.1, 0.15) is 16.3 Å². The van der Waals surface area contributed by atoms with Gasteiger partial charge in [0.15, 0.2) is 0 Å². The standard InChI is InChI=1S/C16H18ClF3N2O2.C5H3F3OS/c1-2-5-12-10(14(17)23)6-4-9-22(12)15(24)13-11(16(18,19)20)7-3-8-21-13;6-5(7,8)4-1-3(9)2-10-4/h3,7-8,10,12H,2,4-6,9H2,1H3;1-2,9H. The molecule has 1 aliphatic rings. The number of hydrogen-bond donors (Lipinski definition) is 1. The van der Waals surface area contributed by atoms with Gasteiger partial charge in [0.2, 0.25) is 5.24 Å². The summed E-state index contributed by atoms with van der Waals surface area (Å²) in [6.07, 6.45) is -5.60. The van der Waals surface area contributed by atoms with Gasteiger partial charge in [-0.25, -0.2) is 0 Å².